The molecule has 0 aliphatic rings. The Morgan fingerprint density at radius 2 is 2.30 bits per heavy atom. The molecular formula is C16H18N6O. The van der Waals surface area contributed by atoms with Crippen LogP contribution in [0.25, 0.3) is 16.9 Å². The van der Waals surface area contributed by atoms with Crippen LogP contribution in [0.2, 0.25) is 0 Å². The van der Waals surface area contributed by atoms with E-state index in [-0.39, 0.29) is 5.91 Å². The number of aromatic nitrogens is 5. The summed E-state index contributed by atoms with van der Waals surface area (Å²) in [7, 11) is 0. The minimum Gasteiger partial charge on any atom is -0.348 e. The molecule has 3 aromatic rings. The fourth-order valence-corrected chi connectivity index (χ4v) is 2.45. The summed E-state index contributed by atoms with van der Waals surface area (Å²) < 4.78 is 3.55. The van der Waals surface area contributed by atoms with Crippen molar-refractivity contribution in [3.05, 3.63) is 48.6 Å². The van der Waals surface area contributed by atoms with Crippen molar-refractivity contribution in [1.29, 1.82) is 0 Å². The minimum absolute atomic E-state index is 0.217. The Balaban J connectivity index is 2.09. The molecule has 7 heteroatoms. The lowest BCUT2D eigenvalue weighted by molar-refractivity contribution is 0.0959. The van der Waals surface area contributed by atoms with Crippen molar-refractivity contribution in [2.75, 3.05) is 6.54 Å². The fraction of sp³-hybridized carbons (Fsp3) is 0.250. The van der Waals surface area contributed by atoms with Gasteiger partial charge in [-0.1, -0.05) is 6.08 Å². The summed E-state index contributed by atoms with van der Waals surface area (Å²) in [6.45, 7) is 8.78. The van der Waals surface area contributed by atoms with Crippen LogP contribution in [0, 0.1) is 6.92 Å². The summed E-state index contributed by atoms with van der Waals surface area (Å²) in [5, 5.41) is 11.5. The Morgan fingerprint density at radius 3 is 3.00 bits per heavy atom. The number of hydrogen-bond donors (Lipinski definition) is 1. The summed E-state index contributed by atoms with van der Waals surface area (Å²) in [6.07, 6.45) is 6.82. The molecule has 1 amide bonds. The second-order valence-corrected chi connectivity index (χ2v) is 5.11. The molecule has 0 atom stereocenters. The van der Waals surface area contributed by atoms with Gasteiger partial charge in [0.05, 0.1) is 17.6 Å². The molecule has 0 aliphatic carbocycles. The first-order chi connectivity index (χ1) is 11.2. The van der Waals surface area contributed by atoms with E-state index in [0.29, 0.717) is 17.8 Å². The number of nitrogens with zero attached hydrogens (tertiary/aromatic N) is 5. The first kappa shape index (κ1) is 15.0. The molecular weight excluding hydrogens is 292 g/mol. The van der Waals surface area contributed by atoms with E-state index in [1.54, 1.807) is 16.8 Å². The van der Waals surface area contributed by atoms with Crippen molar-refractivity contribution in [1.82, 2.24) is 29.7 Å². The van der Waals surface area contributed by atoms with Gasteiger partial charge in [-0.2, -0.15) is 10.2 Å². The second-order valence-electron chi connectivity index (χ2n) is 5.11. The van der Waals surface area contributed by atoms with Gasteiger partial charge < -0.3 is 5.32 Å². The van der Waals surface area contributed by atoms with Gasteiger partial charge in [-0.15, -0.1) is 6.58 Å². The molecule has 0 unspecified atom stereocenters. The number of carbonyl (C=O) groups is 1. The normalized spacial score (nSPS) is 10.9. The van der Waals surface area contributed by atoms with Crippen LogP contribution in [-0.2, 0) is 6.54 Å². The lowest BCUT2D eigenvalue weighted by atomic mass is 10.2. The maximum absolute atomic E-state index is 12.2. The Hall–Kier alpha value is -2.96. The number of aryl methyl sites for hydroxylation is 2. The summed E-state index contributed by atoms with van der Waals surface area (Å²) in [6, 6.07) is 1.87. The van der Waals surface area contributed by atoms with Gasteiger partial charge in [-0.3, -0.25) is 9.48 Å². The zero-order chi connectivity index (χ0) is 16.4. The third-order valence-corrected chi connectivity index (χ3v) is 3.60. The van der Waals surface area contributed by atoms with E-state index in [4.69, 9.17) is 0 Å². The Morgan fingerprint density at radius 1 is 1.48 bits per heavy atom. The lowest BCUT2D eigenvalue weighted by Gasteiger charge is -2.04. The van der Waals surface area contributed by atoms with E-state index in [0.717, 1.165) is 23.5 Å². The third-order valence-electron chi connectivity index (χ3n) is 3.60. The highest BCUT2D eigenvalue weighted by atomic mass is 16.1. The molecule has 3 rings (SSSR count). The number of hydrogen-bond acceptors (Lipinski definition) is 4. The molecule has 0 aliphatic heterocycles. The summed E-state index contributed by atoms with van der Waals surface area (Å²) in [5.74, 6) is -0.217. The molecule has 1 N–H and O–H groups in total. The van der Waals surface area contributed by atoms with Crippen molar-refractivity contribution in [2.45, 2.75) is 20.4 Å². The fourth-order valence-electron chi connectivity index (χ4n) is 2.45. The van der Waals surface area contributed by atoms with E-state index in [1.165, 1.54) is 6.20 Å². The van der Waals surface area contributed by atoms with Gasteiger partial charge in [0.15, 0.2) is 5.65 Å². The van der Waals surface area contributed by atoms with Crippen molar-refractivity contribution < 1.29 is 4.79 Å². The molecule has 0 saturated carbocycles. The molecule has 0 bridgehead atoms. The largest absolute Gasteiger partial charge is 0.348 e. The predicted molar refractivity (Wildman–Crippen MR) is 87.1 cm³/mol. The smallest absolute Gasteiger partial charge is 0.257 e. The highest BCUT2D eigenvalue weighted by molar-refractivity contribution is 5.99. The van der Waals surface area contributed by atoms with Crippen LogP contribution in [0.5, 0.6) is 0 Å². The third kappa shape index (κ3) is 2.61. The average Bonchev–Trinajstić information content (AvgIpc) is 3.15. The summed E-state index contributed by atoms with van der Waals surface area (Å²) in [5.41, 5.74) is 3.70. The second kappa shape index (κ2) is 6.04. The van der Waals surface area contributed by atoms with Crippen LogP contribution >= 0.6 is 0 Å². The molecule has 3 aromatic heterocycles. The SMILES string of the molecule is C=CCNC(=O)c1cnn2c(-c3cn(CC)nc3C)ccnc12. The Kier molecular flexibility index (Phi) is 3.92. The van der Waals surface area contributed by atoms with E-state index in [2.05, 4.69) is 27.1 Å². The molecule has 7 nitrogen and oxygen atoms in total. The van der Waals surface area contributed by atoms with Crippen LogP contribution in [0.1, 0.15) is 23.0 Å². The van der Waals surface area contributed by atoms with Gasteiger partial charge in [0.1, 0.15) is 5.56 Å². The molecule has 0 radical (unpaired) electrons. The average molecular weight is 310 g/mol. The predicted octanol–water partition coefficient (Wildman–Crippen LogP) is 1.84. The highest BCUT2D eigenvalue weighted by Crippen LogP contribution is 2.23. The van der Waals surface area contributed by atoms with Gasteiger partial charge in [-0.25, -0.2) is 9.50 Å². The van der Waals surface area contributed by atoms with Gasteiger partial charge in [0.2, 0.25) is 0 Å². The molecule has 23 heavy (non-hydrogen) atoms. The molecule has 0 aromatic carbocycles. The van der Waals surface area contributed by atoms with Gasteiger partial charge in [-0.05, 0) is 19.9 Å². The summed E-state index contributed by atoms with van der Waals surface area (Å²) >= 11 is 0. The number of amides is 1. The van der Waals surface area contributed by atoms with Crippen LogP contribution in [-0.4, -0.2) is 36.8 Å². The van der Waals surface area contributed by atoms with E-state index in [1.807, 2.05) is 30.8 Å². The van der Waals surface area contributed by atoms with E-state index in [9.17, 15) is 4.79 Å². The van der Waals surface area contributed by atoms with Gasteiger partial charge in [0.25, 0.3) is 5.91 Å². The number of carbonyl (C=O) groups excluding carboxylic acids is 1. The molecule has 0 spiro atoms. The Bertz CT molecular complexity index is 876. The van der Waals surface area contributed by atoms with Gasteiger partial charge in [0, 0.05) is 31.0 Å². The quantitative estimate of drug-likeness (QED) is 0.729. The van der Waals surface area contributed by atoms with Crippen molar-refractivity contribution >= 4 is 11.6 Å². The minimum atomic E-state index is -0.217. The van der Waals surface area contributed by atoms with Gasteiger partial charge >= 0.3 is 0 Å². The van der Waals surface area contributed by atoms with Crippen LogP contribution in [0.15, 0.2) is 37.3 Å². The van der Waals surface area contributed by atoms with Crippen LogP contribution < -0.4 is 5.32 Å². The monoisotopic (exact) mass is 310 g/mol. The van der Waals surface area contributed by atoms with Crippen LogP contribution in [0.3, 0.4) is 0 Å². The van der Waals surface area contributed by atoms with Crippen molar-refractivity contribution in [3.63, 3.8) is 0 Å². The first-order valence-corrected chi connectivity index (χ1v) is 7.42. The Labute approximate surface area is 133 Å². The molecule has 3 heterocycles. The summed E-state index contributed by atoms with van der Waals surface area (Å²) in [4.78, 5) is 16.5. The molecule has 0 saturated heterocycles. The first-order valence-electron chi connectivity index (χ1n) is 7.42. The number of rotatable bonds is 5. The van der Waals surface area contributed by atoms with E-state index >= 15 is 0 Å². The number of nitrogens with one attached hydrogen (secondary N) is 1. The maximum atomic E-state index is 12.2. The maximum Gasteiger partial charge on any atom is 0.257 e. The zero-order valence-electron chi connectivity index (χ0n) is 13.2. The molecule has 118 valence electrons. The lowest BCUT2D eigenvalue weighted by Crippen LogP contribution is -2.23. The van der Waals surface area contributed by atoms with Crippen molar-refractivity contribution in [2.24, 2.45) is 0 Å². The number of fused-ring (bicyclic) bond motifs is 1. The zero-order valence-corrected chi connectivity index (χ0v) is 13.2. The topological polar surface area (TPSA) is 77.1 Å². The standard InChI is InChI=1S/C16H18N6O/c1-4-7-18-16(23)12-9-19-22-14(6-8-17-15(12)22)13-10-21(5-2)20-11(13)3/h4,6,8-10H,1,5,7H2,2-3H3,(H,18,23). The van der Waals surface area contributed by atoms with Crippen molar-refractivity contribution in [3.8, 4) is 11.3 Å². The van der Waals surface area contributed by atoms with Crippen LogP contribution in [0.4, 0.5) is 0 Å². The highest BCUT2D eigenvalue weighted by Gasteiger charge is 2.17. The molecule has 0 fully saturated rings. The van der Waals surface area contributed by atoms with E-state index < -0.39 is 0 Å².